The van der Waals surface area contributed by atoms with Gasteiger partial charge in [0, 0.05) is 13.2 Å². The van der Waals surface area contributed by atoms with Gasteiger partial charge < -0.3 is 18.9 Å². The van der Waals surface area contributed by atoms with E-state index in [-0.39, 0.29) is 24.4 Å². The Morgan fingerprint density at radius 3 is 1.71 bits per heavy atom. The predicted molar refractivity (Wildman–Crippen MR) is 50.3 cm³/mol. The molecule has 0 N–H and O–H groups in total. The zero-order chi connectivity index (χ0) is 9.97. The molecule has 2 saturated heterocycles. The molecule has 14 heavy (non-hydrogen) atoms. The Morgan fingerprint density at radius 2 is 1.36 bits per heavy atom. The Morgan fingerprint density at radius 1 is 0.929 bits per heavy atom. The molecule has 4 heteroatoms. The number of hydrogen-bond acceptors (Lipinski definition) is 4. The summed E-state index contributed by atoms with van der Waals surface area (Å²) in [6, 6.07) is 0. The van der Waals surface area contributed by atoms with E-state index in [1.165, 1.54) is 0 Å². The monoisotopic (exact) mass is 202 g/mol. The molecular weight excluding hydrogens is 184 g/mol. The van der Waals surface area contributed by atoms with Gasteiger partial charge in [0.25, 0.3) is 0 Å². The van der Waals surface area contributed by atoms with Crippen molar-refractivity contribution in [2.45, 2.75) is 38.3 Å². The Hall–Kier alpha value is -0.160. The van der Waals surface area contributed by atoms with Gasteiger partial charge in [0.2, 0.25) is 0 Å². The van der Waals surface area contributed by atoms with Crippen LogP contribution in [0.25, 0.3) is 0 Å². The van der Waals surface area contributed by atoms with Crippen molar-refractivity contribution in [2.24, 2.45) is 0 Å². The first-order chi connectivity index (χ1) is 6.86. The summed E-state index contributed by atoms with van der Waals surface area (Å²) < 4.78 is 22.3. The summed E-state index contributed by atoms with van der Waals surface area (Å²) >= 11 is 0. The fourth-order valence-corrected chi connectivity index (χ4v) is 2.14. The molecule has 2 heterocycles. The van der Waals surface area contributed by atoms with Crippen LogP contribution < -0.4 is 0 Å². The van der Waals surface area contributed by atoms with Gasteiger partial charge in [-0.15, -0.1) is 0 Å². The SMILES string of the molecule is CCO[C@@H]1CO[C@H]2[C@@H]1OC[C@H]2OCC. The molecule has 0 aromatic carbocycles. The third kappa shape index (κ3) is 1.80. The zero-order valence-corrected chi connectivity index (χ0v) is 8.77. The molecule has 0 amide bonds. The second-order valence-electron chi connectivity index (χ2n) is 3.58. The van der Waals surface area contributed by atoms with Crippen molar-refractivity contribution in [3.63, 3.8) is 0 Å². The van der Waals surface area contributed by atoms with Crippen molar-refractivity contribution in [3.8, 4) is 0 Å². The van der Waals surface area contributed by atoms with E-state index >= 15 is 0 Å². The minimum absolute atomic E-state index is 0.0755. The van der Waals surface area contributed by atoms with E-state index in [9.17, 15) is 0 Å². The predicted octanol–water partition coefficient (Wildman–Crippen LogP) is 0.594. The van der Waals surface area contributed by atoms with E-state index in [4.69, 9.17) is 18.9 Å². The quantitative estimate of drug-likeness (QED) is 0.668. The van der Waals surface area contributed by atoms with Crippen LogP contribution >= 0.6 is 0 Å². The smallest absolute Gasteiger partial charge is 0.115 e. The molecule has 0 aromatic heterocycles. The first-order valence-electron chi connectivity index (χ1n) is 5.33. The molecule has 0 aromatic rings. The Bertz CT molecular complexity index is 165. The van der Waals surface area contributed by atoms with Crippen LogP contribution in [0.2, 0.25) is 0 Å². The molecule has 0 unspecified atom stereocenters. The van der Waals surface area contributed by atoms with E-state index in [1.54, 1.807) is 0 Å². The standard InChI is InChI=1S/C10H18O4/c1-3-11-7-5-13-10-8(12-4-2)6-14-9(7)10/h7-10H,3-6H2,1-2H3/t7-,8-,9-,10-/m1/s1. The van der Waals surface area contributed by atoms with Gasteiger partial charge in [-0.25, -0.2) is 0 Å². The summed E-state index contributed by atoms with van der Waals surface area (Å²) in [5.74, 6) is 0. The number of hydrogen-bond donors (Lipinski definition) is 0. The fourth-order valence-electron chi connectivity index (χ4n) is 2.14. The van der Waals surface area contributed by atoms with Gasteiger partial charge in [0.05, 0.1) is 13.2 Å². The Labute approximate surface area is 84.5 Å². The second-order valence-corrected chi connectivity index (χ2v) is 3.58. The first-order valence-corrected chi connectivity index (χ1v) is 5.33. The van der Waals surface area contributed by atoms with Crippen LogP contribution in [0.15, 0.2) is 0 Å². The molecule has 2 aliphatic rings. The van der Waals surface area contributed by atoms with Crippen LogP contribution in [0.4, 0.5) is 0 Å². The number of ether oxygens (including phenoxy) is 4. The van der Waals surface area contributed by atoms with Gasteiger partial charge in [-0.05, 0) is 13.8 Å². The summed E-state index contributed by atoms with van der Waals surface area (Å²) in [6.07, 6.45) is 0.337. The normalized spacial score (nSPS) is 41.6. The molecule has 0 radical (unpaired) electrons. The molecule has 0 spiro atoms. The molecule has 0 bridgehead atoms. The van der Waals surface area contributed by atoms with Gasteiger partial charge in [-0.2, -0.15) is 0 Å². The third-order valence-electron chi connectivity index (χ3n) is 2.72. The molecule has 82 valence electrons. The topological polar surface area (TPSA) is 36.9 Å². The van der Waals surface area contributed by atoms with E-state index in [0.717, 1.165) is 0 Å². The van der Waals surface area contributed by atoms with Crippen LogP contribution in [0, 0.1) is 0 Å². The van der Waals surface area contributed by atoms with Crippen molar-refractivity contribution in [3.05, 3.63) is 0 Å². The van der Waals surface area contributed by atoms with E-state index in [1.807, 2.05) is 13.8 Å². The van der Waals surface area contributed by atoms with Crippen molar-refractivity contribution >= 4 is 0 Å². The maximum absolute atomic E-state index is 5.63. The third-order valence-corrected chi connectivity index (χ3v) is 2.72. The molecule has 2 aliphatic heterocycles. The van der Waals surface area contributed by atoms with Crippen LogP contribution in [-0.4, -0.2) is 50.8 Å². The average Bonchev–Trinajstić information content (AvgIpc) is 2.72. The van der Waals surface area contributed by atoms with Gasteiger partial charge in [0.15, 0.2) is 0 Å². The Balaban J connectivity index is 1.90. The van der Waals surface area contributed by atoms with Crippen LogP contribution in [0.1, 0.15) is 13.8 Å². The highest BCUT2D eigenvalue weighted by Crippen LogP contribution is 2.30. The molecule has 2 rings (SSSR count). The van der Waals surface area contributed by atoms with Gasteiger partial charge >= 0.3 is 0 Å². The summed E-state index contributed by atoms with van der Waals surface area (Å²) in [5.41, 5.74) is 0. The van der Waals surface area contributed by atoms with Crippen molar-refractivity contribution in [1.29, 1.82) is 0 Å². The maximum atomic E-state index is 5.63. The average molecular weight is 202 g/mol. The summed E-state index contributed by atoms with van der Waals surface area (Å²) in [5, 5.41) is 0. The lowest BCUT2D eigenvalue weighted by atomic mass is 10.1. The summed E-state index contributed by atoms with van der Waals surface area (Å²) in [6.45, 7) is 6.66. The van der Waals surface area contributed by atoms with Crippen LogP contribution in [0.5, 0.6) is 0 Å². The van der Waals surface area contributed by atoms with Crippen molar-refractivity contribution in [2.75, 3.05) is 26.4 Å². The number of fused-ring (bicyclic) bond motifs is 1. The maximum Gasteiger partial charge on any atom is 0.115 e. The lowest BCUT2D eigenvalue weighted by Crippen LogP contribution is -2.34. The van der Waals surface area contributed by atoms with Crippen molar-refractivity contribution < 1.29 is 18.9 Å². The van der Waals surface area contributed by atoms with Gasteiger partial charge in [-0.1, -0.05) is 0 Å². The summed E-state index contributed by atoms with van der Waals surface area (Å²) in [4.78, 5) is 0. The first kappa shape index (κ1) is 10.4. The molecule has 0 aliphatic carbocycles. The molecule has 2 fully saturated rings. The molecule has 4 nitrogen and oxygen atoms in total. The lowest BCUT2D eigenvalue weighted by molar-refractivity contribution is -0.0457. The Kier molecular flexibility index (Phi) is 3.38. The second kappa shape index (κ2) is 4.57. The highest BCUT2D eigenvalue weighted by atomic mass is 16.6. The zero-order valence-electron chi connectivity index (χ0n) is 8.77. The van der Waals surface area contributed by atoms with Crippen LogP contribution in [0.3, 0.4) is 0 Å². The fraction of sp³-hybridized carbons (Fsp3) is 1.00. The minimum atomic E-state index is 0.0755. The van der Waals surface area contributed by atoms with E-state index < -0.39 is 0 Å². The molecule has 0 saturated carbocycles. The highest BCUT2D eigenvalue weighted by molar-refractivity contribution is 4.95. The minimum Gasteiger partial charge on any atom is -0.373 e. The van der Waals surface area contributed by atoms with E-state index in [2.05, 4.69) is 0 Å². The molecule has 4 atom stereocenters. The van der Waals surface area contributed by atoms with Crippen LogP contribution in [-0.2, 0) is 18.9 Å². The number of rotatable bonds is 4. The molecular formula is C10H18O4. The highest BCUT2D eigenvalue weighted by Gasteiger charge is 2.48. The largest absolute Gasteiger partial charge is 0.373 e. The van der Waals surface area contributed by atoms with Crippen molar-refractivity contribution in [1.82, 2.24) is 0 Å². The lowest BCUT2D eigenvalue weighted by Gasteiger charge is -2.16. The van der Waals surface area contributed by atoms with Gasteiger partial charge in [0.1, 0.15) is 24.4 Å². The van der Waals surface area contributed by atoms with E-state index in [0.29, 0.717) is 26.4 Å². The van der Waals surface area contributed by atoms with Gasteiger partial charge in [-0.3, -0.25) is 0 Å². The summed E-state index contributed by atoms with van der Waals surface area (Å²) in [7, 11) is 0.